The Morgan fingerprint density at radius 2 is 1.94 bits per heavy atom. The van der Waals surface area contributed by atoms with Crippen molar-refractivity contribution < 1.29 is 18.7 Å². The number of hydrogen-bond acceptors (Lipinski definition) is 7. The zero-order valence-corrected chi connectivity index (χ0v) is 20.8. The maximum absolute atomic E-state index is 13.0. The summed E-state index contributed by atoms with van der Waals surface area (Å²) in [7, 11) is 0. The summed E-state index contributed by atoms with van der Waals surface area (Å²) in [5.74, 6) is 3.55. The van der Waals surface area contributed by atoms with Crippen LogP contribution in [0.4, 0.5) is 0 Å². The second-order valence-corrected chi connectivity index (χ2v) is 9.80. The fourth-order valence-corrected chi connectivity index (χ4v) is 4.81. The Labute approximate surface area is 210 Å². The number of amides is 1. The molecule has 9 nitrogen and oxygen atoms in total. The number of fused-ring (bicyclic) bond motifs is 2. The fraction of sp³-hybridized carbons (Fsp3) is 0.444. The van der Waals surface area contributed by atoms with Gasteiger partial charge in [-0.1, -0.05) is 32.0 Å². The summed E-state index contributed by atoms with van der Waals surface area (Å²) in [4.78, 5) is 15.3. The number of aliphatic hydroxyl groups is 1. The predicted octanol–water partition coefficient (Wildman–Crippen LogP) is 3.73. The zero-order chi connectivity index (χ0) is 25.1. The number of hydrogen-bond donors (Lipinski definition) is 2. The van der Waals surface area contributed by atoms with E-state index in [0.29, 0.717) is 18.1 Å². The monoisotopic (exact) mass is 491 g/mol. The number of aromatic nitrogens is 3. The van der Waals surface area contributed by atoms with Crippen molar-refractivity contribution in [3.05, 3.63) is 71.4 Å². The summed E-state index contributed by atoms with van der Waals surface area (Å²) in [5, 5.41) is 22.4. The second-order valence-electron chi connectivity index (χ2n) is 9.80. The second kappa shape index (κ2) is 10.7. The summed E-state index contributed by atoms with van der Waals surface area (Å²) < 4.78 is 13.8. The number of furan rings is 2. The lowest BCUT2D eigenvalue weighted by Crippen LogP contribution is -2.32. The van der Waals surface area contributed by atoms with E-state index in [1.165, 1.54) is 0 Å². The van der Waals surface area contributed by atoms with Gasteiger partial charge in [-0.05, 0) is 36.6 Å². The van der Waals surface area contributed by atoms with Gasteiger partial charge in [-0.2, -0.15) is 0 Å². The number of benzene rings is 1. The van der Waals surface area contributed by atoms with Gasteiger partial charge in [0, 0.05) is 37.9 Å². The molecule has 1 aliphatic rings. The number of carbonyl (C=O) groups excluding carboxylic acids is 1. The largest absolute Gasteiger partial charge is 0.460 e. The molecule has 0 spiro atoms. The van der Waals surface area contributed by atoms with Crippen LogP contribution in [0.3, 0.4) is 0 Å². The highest BCUT2D eigenvalue weighted by Crippen LogP contribution is 2.25. The third kappa shape index (κ3) is 5.37. The Balaban J connectivity index is 1.29. The van der Waals surface area contributed by atoms with Crippen LogP contribution >= 0.6 is 0 Å². The fourth-order valence-electron chi connectivity index (χ4n) is 4.81. The van der Waals surface area contributed by atoms with E-state index in [9.17, 15) is 4.79 Å². The lowest BCUT2D eigenvalue weighted by atomic mass is 10.0. The van der Waals surface area contributed by atoms with Crippen molar-refractivity contribution in [2.75, 3.05) is 19.7 Å². The molecule has 4 aromatic rings. The van der Waals surface area contributed by atoms with Crippen LogP contribution in [0.25, 0.3) is 11.0 Å². The molecule has 5 rings (SSSR count). The van der Waals surface area contributed by atoms with E-state index in [-0.39, 0.29) is 24.3 Å². The minimum absolute atomic E-state index is 0.0240. The van der Waals surface area contributed by atoms with Crippen LogP contribution in [-0.4, -0.2) is 50.4 Å². The molecule has 1 aromatic carbocycles. The Kier molecular flexibility index (Phi) is 7.20. The van der Waals surface area contributed by atoms with Crippen LogP contribution < -0.4 is 5.32 Å². The summed E-state index contributed by atoms with van der Waals surface area (Å²) in [5.41, 5.74) is 0.911. The van der Waals surface area contributed by atoms with Crippen molar-refractivity contribution in [1.29, 1.82) is 0 Å². The zero-order valence-electron chi connectivity index (χ0n) is 20.8. The average molecular weight is 492 g/mol. The van der Waals surface area contributed by atoms with E-state index >= 15 is 0 Å². The smallest absolute Gasteiger partial charge is 0.287 e. The molecule has 0 saturated heterocycles. The summed E-state index contributed by atoms with van der Waals surface area (Å²) in [6.45, 7) is 7.40. The van der Waals surface area contributed by atoms with Crippen LogP contribution in [0.1, 0.15) is 60.0 Å². The molecule has 0 saturated carbocycles. The van der Waals surface area contributed by atoms with Crippen LogP contribution in [0, 0.1) is 5.92 Å². The third-order valence-corrected chi connectivity index (χ3v) is 6.57. The molecule has 2 N–H and O–H groups in total. The number of nitrogens with one attached hydrogen (secondary N) is 1. The maximum Gasteiger partial charge on any atom is 0.287 e. The number of aliphatic hydroxyl groups excluding tert-OH is 1. The van der Waals surface area contributed by atoms with Crippen LogP contribution in [-0.2, 0) is 25.9 Å². The van der Waals surface area contributed by atoms with E-state index in [1.807, 2.05) is 18.2 Å². The molecule has 1 unspecified atom stereocenters. The maximum atomic E-state index is 13.0. The molecule has 3 aromatic heterocycles. The topological polar surface area (TPSA) is 110 Å². The Bertz CT molecular complexity index is 1290. The summed E-state index contributed by atoms with van der Waals surface area (Å²) in [6, 6.07) is 13.3. The lowest BCUT2D eigenvalue weighted by molar-refractivity contribution is 0.0898. The van der Waals surface area contributed by atoms with Crippen LogP contribution in [0.15, 0.2) is 51.3 Å². The highest BCUT2D eigenvalue weighted by atomic mass is 16.4. The average Bonchev–Trinajstić information content (AvgIpc) is 3.55. The first-order chi connectivity index (χ1) is 17.5. The molecule has 36 heavy (non-hydrogen) atoms. The van der Waals surface area contributed by atoms with Crippen molar-refractivity contribution >= 4 is 16.9 Å². The Morgan fingerprint density at radius 3 is 2.75 bits per heavy atom. The van der Waals surface area contributed by atoms with Gasteiger partial charge >= 0.3 is 0 Å². The van der Waals surface area contributed by atoms with Gasteiger partial charge in [0.25, 0.3) is 5.91 Å². The number of rotatable bonds is 9. The first-order valence-corrected chi connectivity index (χ1v) is 12.6. The molecule has 1 amide bonds. The number of para-hydroxylation sites is 1. The van der Waals surface area contributed by atoms with Gasteiger partial charge in [0.05, 0.1) is 19.2 Å². The first kappa shape index (κ1) is 24.3. The van der Waals surface area contributed by atoms with E-state index in [0.717, 1.165) is 67.4 Å². The van der Waals surface area contributed by atoms with Crippen LogP contribution in [0.5, 0.6) is 0 Å². The molecule has 9 heteroatoms. The number of carbonyl (C=O) groups is 1. The molecule has 1 atom stereocenters. The lowest BCUT2D eigenvalue weighted by Gasteiger charge is -2.21. The first-order valence-electron chi connectivity index (χ1n) is 12.6. The summed E-state index contributed by atoms with van der Waals surface area (Å²) >= 11 is 0. The van der Waals surface area contributed by atoms with E-state index in [1.54, 1.807) is 12.1 Å². The molecule has 0 fully saturated rings. The van der Waals surface area contributed by atoms with Gasteiger partial charge in [-0.3, -0.25) is 9.69 Å². The molecule has 0 radical (unpaired) electrons. The minimum atomic E-state index is -0.290. The van der Waals surface area contributed by atoms with E-state index in [2.05, 4.69) is 51.0 Å². The van der Waals surface area contributed by atoms with Crippen LogP contribution in [0.2, 0.25) is 0 Å². The van der Waals surface area contributed by atoms with Gasteiger partial charge in [-0.25, -0.2) is 0 Å². The van der Waals surface area contributed by atoms with Gasteiger partial charge in [0.1, 0.15) is 22.9 Å². The third-order valence-electron chi connectivity index (χ3n) is 6.57. The highest BCUT2D eigenvalue weighted by molar-refractivity contribution is 5.91. The predicted molar refractivity (Wildman–Crippen MR) is 134 cm³/mol. The highest BCUT2D eigenvalue weighted by Gasteiger charge is 2.27. The van der Waals surface area contributed by atoms with Crippen molar-refractivity contribution in [3.63, 3.8) is 0 Å². The van der Waals surface area contributed by atoms with Crippen molar-refractivity contribution in [2.24, 2.45) is 5.92 Å². The van der Waals surface area contributed by atoms with Gasteiger partial charge in [-0.15, -0.1) is 10.2 Å². The van der Waals surface area contributed by atoms with Crippen molar-refractivity contribution in [3.8, 4) is 0 Å². The minimum Gasteiger partial charge on any atom is -0.460 e. The SMILES string of the molecule is CC(C)CC(NC(=O)c1ccc(CCO)o1)c1nnc2n1CCN(Cc1cc3ccccc3o1)CC2. The van der Waals surface area contributed by atoms with E-state index < -0.39 is 0 Å². The van der Waals surface area contributed by atoms with Gasteiger partial charge in [0.15, 0.2) is 11.6 Å². The molecule has 1 aliphatic heterocycles. The van der Waals surface area contributed by atoms with Crippen molar-refractivity contribution in [2.45, 2.75) is 52.2 Å². The molecular weight excluding hydrogens is 458 g/mol. The van der Waals surface area contributed by atoms with Gasteiger partial charge in [0.2, 0.25) is 0 Å². The molecule has 0 bridgehead atoms. The molecular formula is C27H33N5O4. The van der Waals surface area contributed by atoms with E-state index in [4.69, 9.17) is 13.9 Å². The standard InChI is InChI=1S/C27H33N5O4/c1-18(2)15-22(28-27(34)24-8-7-20(35-24)10-14-33)26-30-29-25-9-11-31(12-13-32(25)26)17-21-16-19-5-3-4-6-23(19)36-21/h3-8,16,18,22,33H,9-15,17H2,1-2H3,(H,28,34). The van der Waals surface area contributed by atoms with Crippen molar-refractivity contribution in [1.82, 2.24) is 25.0 Å². The quantitative estimate of drug-likeness (QED) is 0.367. The molecule has 4 heterocycles. The summed E-state index contributed by atoms with van der Waals surface area (Å²) in [6.07, 6.45) is 1.89. The number of nitrogens with zero attached hydrogens (tertiary/aromatic N) is 4. The Morgan fingerprint density at radius 1 is 1.08 bits per heavy atom. The molecule has 190 valence electrons. The Hall–Kier alpha value is -3.43. The normalized spacial score (nSPS) is 15.2. The van der Waals surface area contributed by atoms with Gasteiger partial charge < -0.3 is 23.8 Å². The molecule has 0 aliphatic carbocycles.